The summed E-state index contributed by atoms with van der Waals surface area (Å²) in [7, 11) is 0. The zero-order valence-electron chi connectivity index (χ0n) is 13.5. The summed E-state index contributed by atoms with van der Waals surface area (Å²) < 4.78 is 0. The first-order valence-electron chi connectivity index (χ1n) is 8.27. The molecule has 0 radical (unpaired) electrons. The van der Waals surface area contributed by atoms with E-state index in [2.05, 4.69) is 16.3 Å². The van der Waals surface area contributed by atoms with Crippen molar-refractivity contribution < 1.29 is 4.79 Å². The Morgan fingerprint density at radius 2 is 1.92 bits per heavy atom. The molecule has 24 heavy (non-hydrogen) atoms. The molecule has 0 bridgehead atoms. The summed E-state index contributed by atoms with van der Waals surface area (Å²) in [6.07, 6.45) is 2.39. The maximum Gasteiger partial charge on any atom is 0.251 e. The van der Waals surface area contributed by atoms with Crippen molar-refractivity contribution in [1.82, 2.24) is 10.2 Å². The van der Waals surface area contributed by atoms with Crippen LogP contribution in [0.15, 0.2) is 48.5 Å². The highest BCUT2D eigenvalue weighted by Crippen LogP contribution is 2.26. The van der Waals surface area contributed by atoms with Crippen molar-refractivity contribution in [3.05, 3.63) is 64.7 Å². The second kappa shape index (κ2) is 7.69. The third-order valence-corrected chi connectivity index (χ3v) is 4.65. The van der Waals surface area contributed by atoms with Crippen molar-refractivity contribution in [2.45, 2.75) is 18.9 Å². The quantitative estimate of drug-likeness (QED) is 0.817. The largest absolute Gasteiger partial charge is 0.399 e. The van der Waals surface area contributed by atoms with E-state index in [1.807, 2.05) is 18.2 Å². The van der Waals surface area contributed by atoms with Gasteiger partial charge in [-0.3, -0.25) is 9.69 Å². The first-order valence-corrected chi connectivity index (χ1v) is 8.64. The number of benzene rings is 2. The van der Waals surface area contributed by atoms with Crippen molar-refractivity contribution in [3.8, 4) is 0 Å². The minimum Gasteiger partial charge on any atom is -0.399 e. The molecule has 5 heteroatoms. The van der Waals surface area contributed by atoms with Gasteiger partial charge in [0.1, 0.15) is 0 Å². The molecular weight excluding hydrogens is 322 g/mol. The van der Waals surface area contributed by atoms with Crippen LogP contribution in [0.1, 0.15) is 34.8 Å². The van der Waals surface area contributed by atoms with Crippen LogP contribution in [0.2, 0.25) is 5.02 Å². The molecule has 1 saturated heterocycles. The lowest BCUT2D eigenvalue weighted by molar-refractivity contribution is 0.0938. The molecule has 1 aliphatic rings. The van der Waals surface area contributed by atoms with Crippen LogP contribution in [0.3, 0.4) is 0 Å². The molecule has 0 saturated carbocycles. The number of carbonyl (C=O) groups is 1. The molecule has 2 aromatic rings. The predicted molar refractivity (Wildman–Crippen MR) is 98.2 cm³/mol. The van der Waals surface area contributed by atoms with Gasteiger partial charge in [-0.1, -0.05) is 29.8 Å². The highest BCUT2D eigenvalue weighted by atomic mass is 35.5. The number of anilines is 1. The number of nitrogens with zero attached hydrogens (tertiary/aromatic N) is 1. The van der Waals surface area contributed by atoms with Gasteiger partial charge in [-0.25, -0.2) is 0 Å². The second-order valence-electron chi connectivity index (χ2n) is 6.15. The van der Waals surface area contributed by atoms with Crippen LogP contribution in [-0.4, -0.2) is 30.4 Å². The van der Waals surface area contributed by atoms with Crippen molar-refractivity contribution in [2.75, 3.05) is 25.4 Å². The van der Waals surface area contributed by atoms with E-state index in [1.165, 1.54) is 12.8 Å². The predicted octanol–water partition coefficient (Wildman–Crippen LogP) is 3.49. The zero-order valence-corrected chi connectivity index (χ0v) is 14.3. The summed E-state index contributed by atoms with van der Waals surface area (Å²) in [6, 6.07) is 15.1. The average molecular weight is 344 g/mol. The molecule has 0 aromatic heterocycles. The number of nitrogen functional groups attached to an aromatic ring is 1. The molecule has 1 amide bonds. The number of likely N-dealkylation sites (tertiary alicyclic amines) is 1. The number of nitrogens with one attached hydrogen (secondary N) is 1. The van der Waals surface area contributed by atoms with Gasteiger partial charge in [-0.05, 0) is 61.8 Å². The normalized spacial score (nSPS) is 16.0. The first-order chi connectivity index (χ1) is 11.6. The summed E-state index contributed by atoms with van der Waals surface area (Å²) in [5.74, 6) is -0.103. The van der Waals surface area contributed by atoms with Gasteiger partial charge >= 0.3 is 0 Å². The van der Waals surface area contributed by atoms with Gasteiger partial charge in [0.05, 0.1) is 6.04 Å². The van der Waals surface area contributed by atoms with Crippen molar-refractivity contribution in [1.29, 1.82) is 0 Å². The topological polar surface area (TPSA) is 58.4 Å². The van der Waals surface area contributed by atoms with Gasteiger partial charge < -0.3 is 11.1 Å². The van der Waals surface area contributed by atoms with Crippen molar-refractivity contribution in [3.63, 3.8) is 0 Å². The monoisotopic (exact) mass is 343 g/mol. The molecule has 4 nitrogen and oxygen atoms in total. The molecular formula is C19H22ClN3O. The first kappa shape index (κ1) is 16.8. The van der Waals surface area contributed by atoms with Crippen LogP contribution in [0.5, 0.6) is 0 Å². The lowest BCUT2D eigenvalue weighted by Crippen LogP contribution is -2.36. The van der Waals surface area contributed by atoms with Gasteiger partial charge in [0.2, 0.25) is 0 Å². The average Bonchev–Trinajstić information content (AvgIpc) is 3.09. The Bertz CT molecular complexity index is 713. The van der Waals surface area contributed by atoms with Crippen molar-refractivity contribution in [2.24, 2.45) is 0 Å². The highest BCUT2D eigenvalue weighted by Gasteiger charge is 2.24. The number of hydrogen-bond acceptors (Lipinski definition) is 3. The maximum absolute atomic E-state index is 12.4. The molecule has 3 rings (SSSR count). The Balaban J connectivity index is 1.73. The van der Waals surface area contributed by atoms with E-state index >= 15 is 0 Å². The summed E-state index contributed by atoms with van der Waals surface area (Å²) >= 11 is 6.15. The van der Waals surface area contributed by atoms with Gasteiger partial charge in [0.15, 0.2) is 0 Å². The molecule has 126 valence electrons. The molecule has 3 N–H and O–H groups in total. The van der Waals surface area contributed by atoms with E-state index in [9.17, 15) is 4.79 Å². The van der Waals surface area contributed by atoms with E-state index in [1.54, 1.807) is 24.3 Å². The number of halogens is 1. The van der Waals surface area contributed by atoms with Crippen molar-refractivity contribution >= 4 is 23.2 Å². The molecule has 1 atom stereocenters. The van der Waals surface area contributed by atoms with E-state index in [4.69, 9.17) is 17.3 Å². The van der Waals surface area contributed by atoms with E-state index in [0.717, 1.165) is 23.7 Å². The van der Waals surface area contributed by atoms with Crippen LogP contribution < -0.4 is 11.1 Å². The minimum atomic E-state index is -0.103. The fourth-order valence-corrected chi connectivity index (χ4v) is 3.39. The van der Waals surface area contributed by atoms with E-state index in [0.29, 0.717) is 17.8 Å². The van der Waals surface area contributed by atoms with Gasteiger partial charge in [0, 0.05) is 22.8 Å². The number of hydrogen-bond donors (Lipinski definition) is 2. The Morgan fingerprint density at radius 3 is 2.62 bits per heavy atom. The van der Waals surface area contributed by atoms with Crippen LogP contribution in [-0.2, 0) is 0 Å². The number of rotatable bonds is 5. The number of nitrogens with two attached hydrogens (primary N) is 1. The lowest BCUT2D eigenvalue weighted by atomic mass is 10.1. The number of amides is 1. The Labute approximate surface area is 147 Å². The van der Waals surface area contributed by atoms with E-state index < -0.39 is 0 Å². The highest BCUT2D eigenvalue weighted by molar-refractivity contribution is 6.30. The standard InChI is InChI=1S/C19H22ClN3O/c20-16-7-3-5-14(11-16)18(23-9-1-2-10-23)13-22-19(24)15-6-4-8-17(21)12-15/h3-8,11-12,18H,1-2,9-10,13,21H2,(H,22,24). The van der Waals surface area contributed by atoms with Gasteiger partial charge in [-0.2, -0.15) is 0 Å². The van der Waals surface area contributed by atoms with E-state index in [-0.39, 0.29) is 11.9 Å². The molecule has 1 aliphatic heterocycles. The SMILES string of the molecule is Nc1cccc(C(=O)NCC(c2cccc(Cl)c2)N2CCCC2)c1. The van der Waals surface area contributed by atoms with Crippen LogP contribution in [0.25, 0.3) is 0 Å². The van der Waals surface area contributed by atoms with Gasteiger partial charge in [-0.15, -0.1) is 0 Å². The summed E-state index contributed by atoms with van der Waals surface area (Å²) in [5.41, 5.74) is 8.07. The second-order valence-corrected chi connectivity index (χ2v) is 6.59. The molecule has 1 fully saturated rings. The zero-order chi connectivity index (χ0) is 16.9. The Hall–Kier alpha value is -2.04. The summed E-state index contributed by atoms with van der Waals surface area (Å²) in [6.45, 7) is 2.64. The molecule has 0 aliphatic carbocycles. The third-order valence-electron chi connectivity index (χ3n) is 4.42. The molecule has 1 unspecified atom stereocenters. The molecule has 1 heterocycles. The fraction of sp³-hybridized carbons (Fsp3) is 0.316. The summed E-state index contributed by atoms with van der Waals surface area (Å²) in [5, 5.41) is 3.76. The van der Waals surface area contributed by atoms with Gasteiger partial charge in [0.25, 0.3) is 5.91 Å². The minimum absolute atomic E-state index is 0.103. The molecule has 0 spiro atoms. The Morgan fingerprint density at radius 1 is 1.17 bits per heavy atom. The summed E-state index contributed by atoms with van der Waals surface area (Å²) in [4.78, 5) is 14.8. The number of carbonyl (C=O) groups excluding carboxylic acids is 1. The van der Waals surface area contributed by atoms with Crippen LogP contribution >= 0.6 is 11.6 Å². The molecule has 2 aromatic carbocycles. The fourth-order valence-electron chi connectivity index (χ4n) is 3.20. The van der Waals surface area contributed by atoms with Crippen LogP contribution in [0, 0.1) is 0 Å². The van der Waals surface area contributed by atoms with Crippen LogP contribution in [0.4, 0.5) is 5.69 Å². The smallest absolute Gasteiger partial charge is 0.251 e. The maximum atomic E-state index is 12.4. The lowest BCUT2D eigenvalue weighted by Gasteiger charge is -2.28. The third kappa shape index (κ3) is 4.08. The Kier molecular flexibility index (Phi) is 5.38.